The van der Waals surface area contributed by atoms with Crippen LogP contribution in [0.4, 0.5) is 29.3 Å². The summed E-state index contributed by atoms with van der Waals surface area (Å²) >= 11 is 5.56. The third kappa shape index (κ3) is 5.82. The summed E-state index contributed by atoms with van der Waals surface area (Å²) in [5, 5.41) is 6.67. The van der Waals surface area contributed by atoms with Crippen LogP contribution in [0.3, 0.4) is 0 Å². The number of benzene rings is 2. The predicted octanol–water partition coefficient (Wildman–Crippen LogP) is 4.34. The van der Waals surface area contributed by atoms with Gasteiger partial charge in [0, 0.05) is 18.4 Å². The minimum atomic E-state index is -4.65. The van der Waals surface area contributed by atoms with E-state index in [2.05, 4.69) is 30.9 Å². The highest BCUT2D eigenvalue weighted by atomic mass is 35.5. The molecule has 13 heteroatoms. The number of nitrogens with one attached hydrogen (secondary N) is 3. The Kier molecular flexibility index (Phi) is 6.73. The molecule has 1 aromatic heterocycles. The molecule has 0 atom stereocenters. The van der Waals surface area contributed by atoms with Crippen molar-refractivity contribution in [3.05, 3.63) is 65.2 Å². The molecule has 3 amide bonds. The standard InChI is InChI=1S/C19H14ClF3N6O3/c1-24-16(30)15-25-9-26-18(29-15)32-12-5-2-10(3-6-12)27-17(31)28-11-4-7-14(20)13(8-11)19(21,22)23/h2-9H,1H3,(H,24,30)(H2,27,28,31). The average molecular weight is 467 g/mol. The van der Waals surface area contributed by atoms with E-state index >= 15 is 0 Å². The number of halogens is 4. The molecule has 0 fully saturated rings. The molecule has 0 bridgehead atoms. The van der Waals surface area contributed by atoms with E-state index in [4.69, 9.17) is 16.3 Å². The van der Waals surface area contributed by atoms with Gasteiger partial charge in [-0.2, -0.15) is 23.1 Å². The summed E-state index contributed by atoms with van der Waals surface area (Å²) < 4.78 is 44.2. The number of urea groups is 1. The summed E-state index contributed by atoms with van der Waals surface area (Å²) in [6, 6.07) is 8.10. The Bertz CT molecular complexity index is 1140. The number of alkyl halides is 3. The van der Waals surface area contributed by atoms with Gasteiger partial charge >= 0.3 is 18.2 Å². The molecular formula is C19H14ClF3N6O3. The van der Waals surface area contributed by atoms with E-state index in [0.717, 1.165) is 18.5 Å². The summed E-state index contributed by atoms with van der Waals surface area (Å²) in [5.74, 6) is -0.327. The Morgan fingerprint density at radius 2 is 1.66 bits per heavy atom. The lowest BCUT2D eigenvalue weighted by Gasteiger charge is -2.12. The van der Waals surface area contributed by atoms with Crippen LogP contribution >= 0.6 is 11.6 Å². The second-order valence-corrected chi connectivity index (χ2v) is 6.48. The fourth-order valence-corrected chi connectivity index (χ4v) is 2.60. The number of rotatable bonds is 5. The van der Waals surface area contributed by atoms with Gasteiger partial charge in [0.25, 0.3) is 5.91 Å². The highest BCUT2D eigenvalue weighted by Gasteiger charge is 2.33. The fourth-order valence-electron chi connectivity index (χ4n) is 2.38. The Labute approximate surface area is 184 Å². The number of ether oxygens (including phenoxy) is 1. The molecule has 0 aliphatic heterocycles. The number of aromatic nitrogens is 3. The van der Waals surface area contributed by atoms with Gasteiger partial charge in [-0.15, -0.1) is 0 Å². The molecule has 3 rings (SSSR count). The van der Waals surface area contributed by atoms with Crippen LogP contribution in [0.15, 0.2) is 48.8 Å². The van der Waals surface area contributed by atoms with Gasteiger partial charge in [-0.05, 0) is 42.5 Å². The first-order chi connectivity index (χ1) is 15.2. The first-order valence-corrected chi connectivity index (χ1v) is 9.17. The Hall–Kier alpha value is -3.93. The summed E-state index contributed by atoms with van der Waals surface area (Å²) in [6.45, 7) is 0. The van der Waals surface area contributed by atoms with Gasteiger partial charge < -0.3 is 20.7 Å². The van der Waals surface area contributed by atoms with Crippen molar-refractivity contribution in [2.24, 2.45) is 0 Å². The molecule has 166 valence electrons. The molecular weight excluding hydrogens is 453 g/mol. The summed E-state index contributed by atoms with van der Waals surface area (Å²) in [5.41, 5.74) is -0.807. The quantitative estimate of drug-likeness (QED) is 0.515. The summed E-state index contributed by atoms with van der Waals surface area (Å²) in [7, 11) is 1.43. The van der Waals surface area contributed by atoms with Crippen LogP contribution in [0.25, 0.3) is 0 Å². The fraction of sp³-hybridized carbons (Fsp3) is 0.105. The van der Waals surface area contributed by atoms with Crippen molar-refractivity contribution in [1.29, 1.82) is 0 Å². The molecule has 0 saturated heterocycles. The minimum Gasteiger partial charge on any atom is -0.424 e. The van der Waals surface area contributed by atoms with Gasteiger partial charge in [0.05, 0.1) is 10.6 Å². The lowest BCUT2D eigenvalue weighted by molar-refractivity contribution is -0.137. The number of carbonyl (C=O) groups is 2. The normalized spacial score (nSPS) is 10.9. The van der Waals surface area contributed by atoms with Crippen molar-refractivity contribution in [3.8, 4) is 11.8 Å². The molecule has 0 aliphatic rings. The first kappa shape index (κ1) is 22.7. The molecule has 0 unspecified atom stereocenters. The van der Waals surface area contributed by atoms with Crippen molar-refractivity contribution < 1.29 is 27.5 Å². The zero-order valence-electron chi connectivity index (χ0n) is 16.2. The van der Waals surface area contributed by atoms with Crippen molar-refractivity contribution in [2.75, 3.05) is 17.7 Å². The van der Waals surface area contributed by atoms with Crippen LogP contribution < -0.4 is 20.7 Å². The summed E-state index contributed by atoms with van der Waals surface area (Å²) in [6.07, 6.45) is -3.53. The SMILES string of the molecule is CNC(=O)c1ncnc(Oc2ccc(NC(=O)Nc3ccc(Cl)c(C(F)(F)F)c3)cc2)n1. The molecule has 0 saturated carbocycles. The Morgan fingerprint density at radius 1 is 1.00 bits per heavy atom. The highest BCUT2D eigenvalue weighted by Crippen LogP contribution is 2.36. The van der Waals surface area contributed by atoms with Crippen LogP contribution in [0, 0.1) is 0 Å². The van der Waals surface area contributed by atoms with Gasteiger partial charge in [0.2, 0.25) is 5.82 Å². The van der Waals surface area contributed by atoms with E-state index in [9.17, 15) is 22.8 Å². The predicted molar refractivity (Wildman–Crippen MR) is 109 cm³/mol. The lowest BCUT2D eigenvalue weighted by atomic mass is 10.2. The van der Waals surface area contributed by atoms with E-state index in [1.165, 1.54) is 37.4 Å². The van der Waals surface area contributed by atoms with Crippen LogP contribution in [-0.2, 0) is 6.18 Å². The largest absolute Gasteiger partial charge is 0.424 e. The molecule has 1 heterocycles. The first-order valence-electron chi connectivity index (χ1n) is 8.79. The third-order valence-corrected chi connectivity index (χ3v) is 4.16. The maximum atomic E-state index is 12.9. The van der Waals surface area contributed by atoms with Gasteiger partial charge in [-0.3, -0.25) is 4.79 Å². The third-order valence-electron chi connectivity index (χ3n) is 3.83. The molecule has 0 radical (unpaired) electrons. The molecule has 3 aromatic rings. The van der Waals surface area contributed by atoms with E-state index in [1.807, 2.05) is 0 Å². The lowest BCUT2D eigenvalue weighted by Crippen LogP contribution is -2.21. The van der Waals surface area contributed by atoms with E-state index in [0.29, 0.717) is 11.4 Å². The highest BCUT2D eigenvalue weighted by molar-refractivity contribution is 6.31. The Morgan fingerprint density at radius 3 is 2.31 bits per heavy atom. The molecule has 0 spiro atoms. The molecule has 9 nitrogen and oxygen atoms in total. The van der Waals surface area contributed by atoms with Gasteiger partial charge in [0.15, 0.2) is 0 Å². The number of hydrogen-bond donors (Lipinski definition) is 3. The average Bonchev–Trinajstić information content (AvgIpc) is 2.75. The second-order valence-electron chi connectivity index (χ2n) is 6.07. The monoisotopic (exact) mass is 466 g/mol. The number of hydrogen-bond acceptors (Lipinski definition) is 6. The number of amides is 3. The van der Waals surface area contributed by atoms with Crippen LogP contribution in [0.2, 0.25) is 5.02 Å². The molecule has 0 aliphatic carbocycles. The number of nitrogens with zero attached hydrogens (tertiary/aromatic N) is 3. The molecule has 2 aromatic carbocycles. The maximum absolute atomic E-state index is 12.9. The van der Waals surface area contributed by atoms with Crippen molar-refractivity contribution in [2.45, 2.75) is 6.18 Å². The van der Waals surface area contributed by atoms with E-state index in [1.54, 1.807) is 0 Å². The molecule has 3 N–H and O–H groups in total. The summed E-state index contributed by atoms with van der Waals surface area (Å²) in [4.78, 5) is 35.0. The Balaban J connectivity index is 1.62. The van der Waals surface area contributed by atoms with Crippen LogP contribution in [-0.4, -0.2) is 33.9 Å². The molecule has 32 heavy (non-hydrogen) atoms. The van der Waals surface area contributed by atoms with Crippen LogP contribution in [0.1, 0.15) is 16.2 Å². The minimum absolute atomic E-state index is 0.0825. The van der Waals surface area contributed by atoms with E-state index < -0.39 is 28.7 Å². The van der Waals surface area contributed by atoms with Gasteiger partial charge in [-0.25, -0.2) is 9.78 Å². The van der Waals surface area contributed by atoms with Crippen molar-refractivity contribution >= 4 is 34.9 Å². The van der Waals surface area contributed by atoms with E-state index in [-0.39, 0.29) is 17.5 Å². The second kappa shape index (κ2) is 9.47. The zero-order chi connectivity index (χ0) is 23.3. The van der Waals surface area contributed by atoms with Crippen LogP contribution in [0.5, 0.6) is 11.8 Å². The van der Waals surface area contributed by atoms with Crippen molar-refractivity contribution in [3.63, 3.8) is 0 Å². The zero-order valence-corrected chi connectivity index (χ0v) is 17.0. The van der Waals surface area contributed by atoms with Gasteiger partial charge in [0.1, 0.15) is 12.1 Å². The number of carbonyl (C=O) groups excluding carboxylic acids is 2. The topological polar surface area (TPSA) is 118 Å². The van der Waals surface area contributed by atoms with Gasteiger partial charge in [-0.1, -0.05) is 11.6 Å². The number of anilines is 2. The van der Waals surface area contributed by atoms with Crippen molar-refractivity contribution in [1.82, 2.24) is 20.3 Å². The smallest absolute Gasteiger partial charge is 0.417 e. The maximum Gasteiger partial charge on any atom is 0.417 e.